The minimum Gasteiger partial charge on any atom is -0.507 e. The highest BCUT2D eigenvalue weighted by Gasteiger charge is 2.33. The molecule has 2 aliphatic rings. The first kappa shape index (κ1) is 20.6. The van der Waals surface area contributed by atoms with Gasteiger partial charge in [0.1, 0.15) is 17.6 Å². The number of aromatic hydroxyl groups is 1. The third-order valence-electron chi connectivity index (χ3n) is 5.41. The molecular formula is C19H27BN2O6. The molecule has 0 bridgehead atoms. The van der Waals surface area contributed by atoms with E-state index in [1.165, 1.54) is 6.42 Å². The van der Waals surface area contributed by atoms with Crippen LogP contribution in [0.2, 0.25) is 6.32 Å². The summed E-state index contributed by atoms with van der Waals surface area (Å²) >= 11 is 0. The fourth-order valence-corrected chi connectivity index (χ4v) is 3.69. The molecule has 1 aromatic carbocycles. The van der Waals surface area contributed by atoms with Crippen molar-refractivity contribution in [3.05, 3.63) is 23.3 Å². The first-order valence-corrected chi connectivity index (χ1v) is 9.82. The summed E-state index contributed by atoms with van der Waals surface area (Å²) in [5, 5.41) is 31.6. The highest BCUT2D eigenvalue weighted by atomic mass is 16.5. The molecule has 4 N–H and O–H groups in total. The monoisotopic (exact) mass is 390 g/mol. The average Bonchev–Trinajstić information content (AvgIpc) is 3.15. The minimum atomic E-state index is -1.47. The fourth-order valence-electron chi connectivity index (χ4n) is 3.69. The van der Waals surface area contributed by atoms with Crippen LogP contribution in [0.3, 0.4) is 0 Å². The van der Waals surface area contributed by atoms with Crippen molar-refractivity contribution in [2.24, 2.45) is 0 Å². The van der Waals surface area contributed by atoms with Crippen LogP contribution in [0.5, 0.6) is 11.5 Å². The van der Waals surface area contributed by atoms with Gasteiger partial charge < -0.3 is 30.1 Å². The summed E-state index contributed by atoms with van der Waals surface area (Å²) in [6, 6.07) is 3.65. The lowest BCUT2D eigenvalue weighted by molar-refractivity contribution is -0.140. The number of hydrogen-bond acceptors (Lipinski definition) is 7. The molecule has 2 aliphatic heterocycles. The molecule has 9 heteroatoms. The molecule has 3 rings (SSSR count). The highest BCUT2D eigenvalue weighted by Crippen LogP contribution is 2.32. The van der Waals surface area contributed by atoms with Gasteiger partial charge in [0.15, 0.2) is 6.29 Å². The molecule has 0 aliphatic carbocycles. The molecule has 0 aromatic heterocycles. The molecule has 0 spiro atoms. The molecule has 8 nitrogen and oxygen atoms in total. The van der Waals surface area contributed by atoms with Crippen molar-refractivity contribution in [2.45, 2.75) is 50.6 Å². The van der Waals surface area contributed by atoms with Crippen LogP contribution in [-0.4, -0.2) is 71.1 Å². The maximum Gasteiger partial charge on any atom is 0.451 e. The predicted molar refractivity (Wildman–Crippen MR) is 103 cm³/mol. The summed E-state index contributed by atoms with van der Waals surface area (Å²) in [5.74, 6) is 0.183. The van der Waals surface area contributed by atoms with Gasteiger partial charge in [-0.2, -0.15) is 0 Å². The lowest BCUT2D eigenvalue weighted by atomic mass is 9.82. The zero-order chi connectivity index (χ0) is 20.1. The summed E-state index contributed by atoms with van der Waals surface area (Å²) in [5.41, 5.74) is 0.496. The maximum absolute atomic E-state index is 12.2. The summed E-state index contributed by atoms with van der Waals surface area (Å²) in [7, 11) is -1.47. The number of carbonyl (C=O) groups excluding carboxylic acids is 2. The Morgan fingerprint density at radius 2 is 2.14 bits per heavy atom. The Kier molecular flexibility index (Phi) is 6.93. The van der Waals surface area contributed by atoms with Crippen molar-refractivity contribution in [1.82, 2.24) is 10.2 Å². The van der Waals surface area contributed by atoms with E-state index in [9.17, 15) is 14.7 Å². The van der Waals surface area contributed by atoms with Gasteiger partial charge in [0.05, 0.1) is 18.7 Å². The van der Waals surface area contributed by atoms with E-state index in [-0.39, 0.29) is 41.8 Å². The molecule has 0 radical (unpaired) electrons. The Morgan fingerprint density at radius 1 is 1.36 bits per heavy atom. The lowest BCUT2D eigenvalue weighted by Crippen LogP contribution is -2.56. The van der Waals surface area contributed by atoms with Crippen LogP contribution < -0.4 is 10.1 Å². The molecule has 1 atom stereocenters. The number of carbonyl (C=O) groups is 2. The molecule has 152 valence electrons. The number of aryl methyl sites for hydroxylation is 1. The summed E-state index contributed by atoms with van der Waals surface area (Å²) in [6.07, 6.45) is 4.28. The Labute approximate surface area is 164 Å². The van der Waals surface area contributed by atoms with Gasteiger partial charge in [0.2, 0.25) is 5.91 Å². The summed E-state index contributed by atoms with van der Waals surface area (Å²) in [4.78, 5) is 25.4. The van der Waals surface area contributed by atoms with Crippen LogP contribution in [0.25, 0.3) is 0 Å². The van der Waals surface area contributed by atoms with E-state index in [0.717, 1.165) is 19.4 Å². The number of benzene rings is 1. The number of phenolic OH excluding ortho intramolecular Hbond substituents is 1. The standard InChI is InChI=1S/C19H27BN2O6/c23-12-16-17(5-3-13(19(16)25)7-8-20(26)27)28-15-10-22(11-15)18(24)6-4-14-2-1-9-21-14/h3,5,12,14-15,21,25-27H,1-2,4,6-11H2. The normalized spacial score (nSPS) is 19.4. The quantitative estimate of drug-likeness (QED) is 0.355. The van der Waals surface area contributed by atoms with Crippen LogP contribution in [0.1, 0.15) is 41.6 Å². The summed E-state index contributed by atoms with van der Waals surface area (Å²) in [6.45, 7) is 1.96. The number of nitrogens with zero attached hydrogens (tertiary/aromatic N) is 1. The number of amides is 1. The van der Waals surface area contributed by atoms with Crippen LogP contribution >= 0.6 is 0 Å². The van der Waals surface area contributed by atoms with E-state index in [2.05, 4.69) is 5.32 Å². The molecule has 1 aromatic rings. The van der Waals surface area contributed by atoms with Crippen molar-refractivity contribution in [3.8, 4) is 11.5 Å². The Bertz CT molecular complexity index is 702. The van der Waals surface area contributed by atoms with Crippen LogP contribution in [-0.2, 0) is 11.2 Å². The molecule has 2 saturated heterocycles. The molecule has 0 saturated carbocycles. The number of ether oxygens (including phenoxy) is 1. The highest BCUT2D eigenvalue weighted by molar-refractivity contribution is 6.41. The van der Waals surface area contributed by atoms with Crippen LogP contribution in [0.15, 0.2) is 12.1 Å². The van der Waals surface area contributed by atoms with Crippen LogP contribution in [0, 0.1) is 0 Å². The number of aldehydes is 1. The number of likely N-dealkylation sites (tertiary alicyclic amines) is 1. The fraction of sp³-hybridized carbons (Fsp3) is 0.579. The van der Waals surface area contributed by atoms with Gasteiger partial charge in [-0.25, -0.2) is 0 Å². The van der Waals surface area contributed by atoms with Gasteiger partial charge in [-0.15, -0.1) is 0 Å². The zero-order valence-electron chi connectivity index (χ0n) is 15.8. The minimum absolute atomic E-state index is 0.0435. The van der Waals surface area contributed by atoms with E-state index in [0.29, 0.717) is 37.4 Å². The van der Waals surface area contributed by atoms with Gasteiger partial charge in [-0.1, -0.05) is 6.07 Å². The lowest BCUT2D eigenvalue weighted by Gasteiger charge is -2.39. The van der Waals surface area contributed by atoms with Gasteiger partial charge in [-0.05, 0) is 50.2 Å². The molecule has 1 unspecified atom stereocenters. The molecular weight excluding hydrogens is 363 g/mol. The first-order valence-electron chi connectivity index (χ1n) is 9.82. The van der Waals surface area contributed by atoms with E-state index >= 15 is 0 Å². The largest absolute Gasteiger partial charge is 0.507 e. The first-order chi connectivity index (χ1) is 13.5. The van der Waals surface area contributed by atoms with E-state index in [4.69, 9.17) is 14.8 Å². The van der Waals surface area contributed by atoms with Crippen molar-refractivity contribution < 1.29 is 29.5 Å². The Balaban J connectivity index is 1.50. The van der Waals surface area contributed by atoms with E-state index in [1.807, 2.05) is 0 Å². The van der Waals surface area contributed by atoms with Crippen LogP contribution in [0.4, 0.5) is 0 Å². The van der Waals surface area contributed by atoms with Gasteiger partial charge in [0, 0.05) is 12.5 Å². The second-order valence-electron chi connectivity index (χ2n) is 7.49. The number of rotatable bonds is 9. The zero-order valence-corrected chi connectivity index (χ0v) is 15.8. The third kappa shape index (κ3) is 5.04. The molecule has 2 heterocycles. The van der Waals surface area contributed by atoms with E-state index in [1.54, 1.807) is 17.0 Å². The molecule has 1 amide bonds. The van der Waals surface area contributed by atoms with Gasteiger partial charge in [-0.3, -0.25) is 9.59 Å². The van der Waals surface area contributed by atoms with Gasteiger partial charge in [0.25, 0.3) is 0 Å². The number of phenols is 1. The predicted octanol–water partition coefficient (Wildman–Crippen LogP) is 0.342. The van der Waals surface area contributed by atoms with Gasteiger partial charge >= 0.3 is 7.12 Å². The SMILES string of the molecule is O=Cc1c(OC2CN(C(=O)CCC3CCCN3)C2)ccc(CCB(O)O)c1O. The second kappa shape index (κ2) is 9.40. The van der Waals surface area contributed by atoms with Crippen molar-refractivity contribution in [1.29, 1.82) is 0 Å². The third-order valence-corrected chi connectivity index (χ3v) is 5.41. The topological polar surface area (TPSA) is 119 Å². The molecule has 28 heavy (non-hydrogen) atoms. The second-order valence-corrected chi connectivity index (χ2v) is 7.49. The number of hydrogen-bond donors (Lipinski definition) is 4. The van der Waals surface area contributed by atoms with E-state index < -0.39 is 7.12 Å². The summed E-state index contributed by atoms with van der Waals surface area (Å²) < 4.78 is 5.80. The van der Waals surface area contributed by atoms with Crippen molar-refractivity contribution >= 4 is 19.3 Å². The average molecular weight is 390 g/mol. The smallest absolute Gasteiger partial charge is 0.451 e. The molecule has 2 fully saturated rings. The van der Waals surface area contributed by atoms with Crippen molar-refractivity contribution in [3.63, 3.8) is 0 Å². The Hall–Kier alpha value is -2.10. The number of nitrogens with one attached hydrogen (secondary N) is 1. The van der Waals surface area contributed by atoms with Crippen molar-refractivity contribution in [2.75, 3.05) is 19.6 Å². The maximum atomic E-state index is 12.2. The Morgan fingerprint density at radius 3 is 2.79 bits per heavy atom.